The maximum absolute atomic E-state index is 13.5. The van der Waals surface area contributed by atoms with Crippen LogP contribution in [0.4, 0.5) is 0 Å². The van der Waals surface area contributed by atoms with Gasteiger partial charge in [-0.25, -0.2) is 9.78 Å². The molecule has 26 nitrogen and oxygen atoms in total. The van der Waals surface area contributed by atoms with Gasteiger partial charge in [0.1, 0.15) is 42.3 Å². The Morgan fingerprint density at radius 1 is 0.679 bits per heavy atom. The Morgan fingerprint density at radius 3 is 1.57 bits per heavy atom. The number of hydrogen-bond donors (Lipinski definition) is 15. The molecule has 0 aromatic carbocycles. The summed E-state index contributed by atoms with van der Waals surface area (Å²) in [4.78, 5) is 130. The molecule has 0 radical (unpaired) electrons. The number of nitrogens with zero attached hydrogens (tertiary/aromatic N) is 1. The Morgan fingerprint density at radius 2 is 1.14 bits per heavy atom. The van der Waals surface area contributed by atoms with Crippen molar-refractivity contribution >= 4 is 59.2 Å². The van der Waals surface area contributed by atoms with Crippen LogP contribution >= 0.6 is 0 Å². The lowest BCUT2D eigenvalue weighted by atomic mass is 10.1. The second-order valence-corrected chi connectivity index (χ2v) is 12.2. The number of aliphatic hydroxyl groups excluding tert-OH is 3. The van der Waals surface area contributed by atoms with E-state index in [1.165, 1.54) is 12.5 Å². The van der Waals surface area contributed by atoms with Gasteiger partial charge < -0.3 is 79.6 Å². The standard InChI is InChI=1S/C30H47N11O15/c1-12(44)23(29(54)37-16(3-5-21(33)46)26(51)39-18(30(55)56)7-22(47)48)41-28(53)19(10-43)40-27(52)17(6-13-8-34-11-35-13)38-25(50)15(2-4-20(32)45)36-24(49)14(31)9-42/h8,11-12,14-19,23,42-44H,2-7,9-10,31H2,1H3,(H2,32,45)(H2,33,46)(H,34,35)(H,36,49)(H,37,54)(H,38,50)(H,39,51)(H,40,52)(H,41,53)(H,47,48)(H,55,56)/t12-,14+,15+,16+,17+,18+,19+,23+/m1/s1. The van der Waals surface area contributed by atoms with Gasteiger partial charge in [-0.1, -0.05) is 0 Å². The number of carbonyl (C=O) groups is 10. The number of carbonyl (C=O) groups excluding carboxylic acids is 8. The van der Waals surface area contributed by atoms with Gasteiger partial charge in [0.05, 0.1) is 32.1 Å². The third kappa shape index (κ3) is 16.8. The molecule has 0 fully saturated rings. The molecule has 1 rings (SSSR count). The summed E-state index contributed by atoms with van der Waals surface area (Å²) in [5.41, 5.74) is 16.1. The molecule has 0 spiro atoms. The number of H-pyrrole nitrogens is 1. The van der Waals surface area contributed by atoms with Crippen LogP contribution in [-0.2, 0) is 54.4 Å². The highest BCUT2D eigenvalue weighted by Gasteiger charge is 2.35. The molecule has 8 atom stereocenters. The number of primary amides is 2. The SMILES string of the molecule is C[C@@H](O)[C@H](NC(=O)[C@H](CO)NC(=O)[C@H](Cc1cnc[nH]1)NC(=O)[C@H](CCC(N)=O)NC(=O)[C@@H](N)CO)C(=O)N[C@@H](CCC(N)=O)C(=O)N[C@@H](CC(=O)O)C(=O)O. The largest absolute Gasteiger partial charge is 0.481 e. The topological polar surface area (TPSA) is 451 Å². The molecule has 8 amide bonds. The number of hydrogen-bond acceptors (Lipinski definition) is 15. The Hall–Kier alpha value is -6.25. The van der Waals surface area contributed by atoms with E-state index in [0.717, 1.165) is 6.92 Å². The number of nitrogens with one attached hydrogen (secondary N) is 7. The van der Waals surface area contributed by atoms with Gasteiger partial charge in [0, 0.05) is 31.2 Å². The van der Waals surface area contributed by atoms with E-state index in [-0.39, 0.29) is 18.5 Å². The third-order valence-electron chi connectivity index (χ3n) is 7.64. The summed E-state index contributed by atoms with van der Waals surface area (Å²) in [6, 6.07) is -12.1. The monoisotopic (exact) mass is 801 g/mol. The molecule has 0 bridgehead atoms. The van der Waals surface area contributed by atoms with Crippen molar-refractivity contribution in [1.29, 1.82) is 0 Å². The first-order chi connectivity index (χ1) is 26.2. The highest BCUT2D eigenvalue weighted by atomic mass is 16.4. The first kappa shape index (κ1) is 47.8. The zero-order chi connectivity index (χ0) is 42.7. The summed E-state index contributed by atoms with van der Waals surface area (Å²) in [5.74, 6) is -12.1. The van der Waals surface area contributed by atoms with Gasteiger partial charge in [-0.3, -0.25) is 43.2 Å². The van der Waals surface area contributed by atoms with E-state index in [1.807, 2.05) is 5.32 Å². The Labute approximate surface area is 317 Å². The number of nitrogens with two attached hydrogens (primary N) is 3. The minimum Gasteiger partial charge on any atom is -0.481 e. The lowest BCUT2D eigenvalue weighted by Gasteiger charge is -2.27. The van der Waals surface area contributed by atoms with Crippen molar-refractivity contribution in [3.05, 3.63) is 18.2 Å². The summed E-state index contributed by atoms with van der Waals surface area (Å²) in [7, 11) is 0. The van der Waals surface area contributed by atoms with Gasteiger partial charge in [-0.05, 0) is 19.8 Å². The van der Waals surface area contributed by atoms with Crippen molar-refractivity contribution in [2.75, 3.05) is 13.2 Å². The van der Waals surface area contributed by atoms with Crippen molar-refractivity contribution in [1.82, 2.24) is 41.9 Å². The van der Waals surface area contributed by atoms with Gasteiger partial charge in [0.15, 0.2) is 0 Å². The van der Waals surface area contributed by atoms with E-state index in [0.29, 0.717) is 0 Å². The highest BCUT2D eigenvalue weighted by molar-refractivity contribution is 5.97. The summed E-state index contributed by atoms with van der Waals surface area (Å²) < 4.78 is 0. The fourth-order valence-electron chi connectivity index (χ4n) is 4.60. The molecule has 1 heterocycles. The van der Waals surface area contributed by atoms with Crippen LogP contribution in [-0.4, -0.2) is 156 Å². The molecule has 0 aliphatic rings. The molecule has 0 saturated carbocycles. The number of amides is 8. The Kier molecular flexibility index (Phi) is 20.1. The Bertz CT molecular complexity index is 1570. The summed E-state index contributed by atoms with van der Waals surface area (Å²) >= 11 is 0. The maximum Gasteiger partial charge on any atom is 0.326 e. The molecule has 0 aliphatic heterocycles. The summed E-state index contributed by atoms with van der Waals surface area (Å²) in [5, 5.41) is 60.6. The lowest BCUT2D eigenvalue weighted by Crippen LogP contribution is -2.62. The molecule has 0 unspecified atom stereocenters. The number of aromatic amines is 1. The fourth-order valence-corrected chi connectivity index (χ4v) is 4.60. The van der Waals surface area contributed by atoms with Crippen LogP contribution in [0.15, 0.2) is 12.5 Å². The smallest absolute Gasteiger partial charge is 0.326 e. The van der Waals surface area contributed by atoms with Crippen molar-refractivity contribution in [3.63, 3.8) is 0 Å². The Balaban J connectivity index is 3.26. The average molecular weight is 802 g/mol. The number of aliphatic carboxylic acids is 2. The van der Waals surface area contributed by atoms with Gasteiger partial charge in [-0.15, -0.1) is 0 Å². The van der Waals surface area contributed by atoms with Crippen LogP contribution in [0, 0.1) is 0 Å². The van der Waals surface area contributed by atoms with Gasteiger partial charge in [0.25, 0.3) is 0 Å². The van der Waals surface area contributed by atoms with E-state index in [9.17, 15) is 68.4 Å². The van der Waals surface area contributed by atoms with Crippen molar-refractivity contribution < 1.29 is 73.5 Å². The molecule has 0 saturated heterocycles. The first-order valence-electron chi connectivity index (χ1n) is 16.7. The van der Waals surface area contributed by atoms with Crippen molar-refractivity contribution in [3.8, 4) is 0 Å². The van der Waals surface area contributed by atoms with Gasteiger partial charge in [-0.2, -0.15) is 0 Å². The van der Waals surface area contributed by atoms with Gasteiger partial charge in [0.2, 0.25) is 47.3 Å². The number of carboxylic acids is 2. The van der Waals surface area contributed by atoms with Crippen LogP contribution in [0.2, 0.25) is 0 Å². The molecule has 18 N–H and O–H groups in total. The minimum atomic E-state index is -1.96. The number of carboxylic acid groups (broad SMARTS) is 2. The predicted molar refractivity (Wildman–Crippen MR) is 184 cm³/mol. The molecule has 56 heavy (non-hydrogen) atoms. The molecular weight excluding hydrogens is 754 g/mol. The number of aliphatic hydroxyl groups is 3. The van der Waals surface area contributed by atoms with E-state index >= 15 is 0 Å². The summed E-state index contributed by atoms with van der Waals surface area (Å²) in [6.07, 6.45) is -2.44. The zero-order valence-corrected chi connectivity index (χ0v) is 29.9. The minimum absolute atomic E-state index is 0.272. The number of rotatable bonds is 26. The van der Waals surface area contributed by atoms with E-state index in [2.05, 4.69) is 36.6 Å². The third-order valence-corrected chi connectivity index (χ3v) is 7.64. The van der Waals surface area contributed by atoms with Crippen molar-refractivity contribution in [2.24, 2.45) is 17.2 Å². The molecule has 26 heteroatoms. The fraction of sp³-hybridized carbons (Fsp3) is 0.567. The van der Waals surface area contributed by atoms with E-state index in [1.54, 1.807) is 0 Å². The highest BCUT2D eigenvalue weighted by Crippen LogP contribution is 2.06. The number of imidazole rings is 1. The van der Waals surface area contributed by atoms with E-state index < -0.39 is 146 Å². The van der Waals surface area contributed by atoms with Crippen LogP contribution in [0.5, 0.6) is 0 Å². The lowest BCUT2D eigenvalue weighted by molar-refractivity contribution is -0.147. The number of aromatic nitrogens is 2. The summed E-state index contributed by atoms with van der Waals surface area (Å²) in [6.45, 7) is -0.897. The second kappa shape index (κ2) is 23.5. The first-order valence-corrected chi connectivity index (χ1v) is 16.7. The average Bonchev–Trinajstić information content (AvgIpc) is 3.64. The molecule has 1 aromatic heterocycles. The van der Waals surface area contributed by atoms with Crippen molar-refractivity contribution in [2.45, 2.75) is 93.8 Å². The normalized spacial score (nSPS) is 15.2. The molecule has 0 aliphatic carbocycles. The van der Waals surface area contributed by atoms with Crippen LogP contribution in [0.25, 0.3) is 0 Å². The van der Waals surface area contributed by atoms with Crippen LogP contribution < -0.4 is 49.1 Å². The van der Waals surface area contributed by atoms with Gasteiger partial charge >= 0.3 is 11.9 Å². The van der Waals surface area contributed by atoms with Crippen LogP contribution in [0.3, 0.4) is 0 Å². The molecular formula is C30H47N11O15. The maximum atomic E-state index is 13.5. The molecule has 1 aromatic rings. The zero-order valence-electron chi connectivity index (χ0n) is 29.9. The second-order valence-electron chi connectivity index (χ2n) is 12.2. The van der Waals surface area contributed by atoms with Crippen LogP contribution in [0.1, 0.15) is 44.7 Å². The molecule has 312 valence electrons. The quantitative estimate of drug-likeness (QED) is 0.0413. The van der Waals surface area contributed by atoms with E-state index in [4.69, 9.17) is 22.3 Å². The predicted octanol–water partition coefficient (Wildman–Crippen LogP) is -8.36.